The third-order valence-corrected chi connectivity index (χ3v) is 10.7. The summed E-state index contributed by atoms with van der Waals surface area (Å²) in [6.45, 7) is 7.60. The van der Waals surface area contributed by atoms with Crippen molar-refractivity contribution in [3.8, 4) is 0 Å². The maximum Gasteiger partial charge on any atom is 0.427 e. The van der Waals surface area contributed by atoms with E-state index in [2.05, 4.69) is 24.2 Å². The molecule has 1 saturated heterocycles. The highest BCUT2D eigenvalue weighted by molar-refractivity contribution is 6.79. The summed E-state index contributed by atoms with van der Waals surface area (Å²) in [6, 6.07) is -0.0511. The molecule has 0 saturated carbocycles. The maximum atomic E-state index is 12.7. The Bertz CT molecular complexity index is 330. The number of hydrogen-bond donors (Lipinski definition) is 0. The second-order valence-corrected chi connectivity index (χ2v) is 15.5. The minimum atomic E-state index is -4.17. The van der Waals surface area contributed by atoms with Gasteiger partial charge in [0, 0.05) is 32.3 Å². The van der Waals surface area contributed by atoms with E-state index in [0.717, 1.165) is 25.8 Å². The zero-order chi connectivity index (χ0) is 16.3. The molecule has 1 aliphatic heterocycles. The lowest BCUT2D eigenvalue weighted by atomic mass is 10.2. The van der Waals surface area contributed by atoms with Gasteiger partial charge >= 0.3 is 14.9 Å². The molecule has 1 unspecified atom stereocenters. The van der Waals surface area contributed by atoms with E-state index in [-0.39, 0.29) is 6.04 Å². The Morgan fingerprint density at radius 2 is 1.67 bits per heavy atom. The van der Waals surface area contributed by atoms with Crippen LogP contribution < -0.4 is 0 Å². The van der Waals surface area contributed by atoms with Gasteiger partial charge in [0.25, 0.3) is 0 Å². The average Bonchev–Trinajstić information content (AvgIpc) is 2.39. The van der Waals surface area contributed by atoms with Crippen LogP contribution in [-0.4, -0.2) is 54.0 Å². The zero-order valence-corrected chi connectivity index (χ0v) is 15.7. The van der Waals surface area contributed by atoms with Crippen LogP contribution in [0.15, 0.2) is 0 Å². The van der Waals surface area contributed by atoms with Gasteiger partial charge < -0.3 is 8.85 Å². The Hall–Kier alpha value is 0.104. The molecule has 0 bridgehead atoms. The maximum absolute atomic E-state index is 12.7. The highest BCUT2D eigenvalue weighted by Crippen LogP contribution is 2.35. The van der Waals surface area contributed by atoms with E-state index < -0.39 is 29.4 Å². The summed E-state index contributed by atoms with van der Waals surface area (Å²) in [7, 11) is -1.49. The van der Waals surface area contributed by atoms with Crippen LogP contribution in [0, 0.1) is 0 Å². The van der Waals surface area contributed by atoms with Crippen molar-refractivity contribution < 1.29 is 22.0 Å². The Balaban J connectivity index is 3.00. The van der Waals surface area contributed by atoms with Crippen LogP contribution in [0.1, 0.15) is 25.7 Å². The van der Waals surface area contributed by atoms with Gasteiger partial charge in [0.1, 0.15) is 0 Å². The molecule has 1 rings (SSSR count). The minimum absolute atomic E-state index is 0.0511. The molecule has 3 nitrogen and oxygen atoms in total. The van der Waals surface area contributed by atoms with E-state index in [1.165, 1.54) is 14.2 Å². The van der Waals surface area contributed by atoms with Crippen molar-refractivity contribution in [1.82, 2.24) is 4.57 Å². The topological polar surface area (TPSA) is 21.7 Å². The van der Waals surface area contributed by atoms with Gasteiger partial charge in [0.2, 0.25) is 0 Å². The molecule has 0 N–H and O–H groups in total. The molecule has 0 radical (unpaired) electrons. The fraction of sp³-hybridized carbons (Fsp3) is 1.00. The van der Waals surface area contributed by atoms with Crippen molar-refractivity contribution in [3.63, 3.8) is 0 Å². The molecule has 0 aromatic heterocycles. The van der Waals surface area contributed by atoms with E-state index in [1.807, 2.05) is 0 Å². The van der Waals surface area contributed by atoms with Crippen LogP contribution in [0.2, 0.25) is 25.7 Å². The number of alkyl halides is 3. The Morgan fingerprint density at radius 1 is 1.10 bits per heavy atom. The predicted octanol–water partition coefficient (Wildman–Crippen LogP) is 3.90. The molecular weight excluding hydrogens is 315 g/mol. The molecule has 0 aromatic rings. The first-order valence-corrected chi connectivity index (χ1v) is 13.0. The largest absolute Gasteiger partial charge is 0.427 e. The molecule has 126 valence electrons. The Morgan fingerprint density at radius 3 is 2.10 bits per heavy atom. The van der Waals surface area contributed by atoms with Crippen molar-refractivity contribution in [1.29, 1.82) is 0 Å². The fourth-order valence-corrected chi connectivity index (χ4v) is 10.1. The van der Waals surface area contributed by atoms with Crippen molar-refractivity contribution in [3.05, 3.63) is 0 Å². The van der Waals surface area contributed by atoms with Gasteiger partial charge in [-0.1, -0.05) is 26.1 Å². The van der Waals surface area contributed by atoms with Crippen LogP contribution >= 0.6 is 0 Å². The summed E-state index contributed by atoms with van der Waals surface area (Å²) in [5.41, 5.74) is 0.339. The first kappa shape index (κ1) is 19.2. The van der Waals surface area contributed by atoms with Gasteiger partial charge in [-0.3, -0.25) is 4.57 Å². The van der Waals surface area contributed by atoms with Crippen LogP contribution in [0.5, 0.6) is 0 Å². The van der Waals surface area contributed by atoms with E-state index >= 15 is 0 Å². The zero-order valence-electron chi connectivity index (χ0n) is 13.7. The average molecular weight is 344 g/mol. The highest BCUT2D eigenvalue weighted by Gasteiger charge is 2.51. The van der Waals surface area contributed by atoms with Gasteiger partial charge in [0.15, 0.2) is 0 Å². The molecule has 1 fully saturated rings. The lowest BCUT2D eigenvalue weighted by Crippen LogP contribution is -2.67. The van der Waals surface area contributed by atoms with E-state index in [1.54, 1.807) is 0 Å². The molecule has 0 amide bonds. The number of rotatable bonds is 6. The van der Waals surface area contributed by atoms with Gasteiger partial charge in [-0.05, 0) is 19.4 Å². The van der Waals surface area contributed by atoms with Crippen LogP contribution in [0.25, 0.3) is 0 Å². The molecule has 1 aliphatic rings. The third-order valence-electron chi connectivity index (χ3n) is 4.30. The van der Waals surface area contributed by atoms with Gasteiger partial charge in [0.05, 0.1) is 8.07 Å². The predicted molar refractivity (Wildman–Crippen MR) is 82.9 cm³/mol. The second-order valence-electron chi connectivity index (χ2n) is 6.81. The molecular formula is C13H28F3NO2Si2. The summed E-state index contributed by atoms with van der Waals surface area (Å²) in [6.07, 6.45) is -1.81. The Kier molecular flexibility index (Phi) is 6.49. The number of halogens is 3. The highest BCUT2D eigenvalue weighted by atomic mass is 28.4. The number of piperidine rings is 1. The second kappa shape index (κ2) is 7.12. The van der Waals surface area contributed by atoms with Crippen LogP contribution in [0.3, 0.4) is 0 Å². The van der Waals surface area contributed by atoms with Crippen molar-refractivity contribution >= 4 is 16.8 Å². The smallest absolute Gasteiger partial charge is 0.386 e. The Labute approximate surface area is 128 Å². The lowest BCUT2D eigenvalue weighted by Gasteiger charge is -2.49. The number of nitrogens with zero attached hydrogens (tertiary/aromatic N) is 1. The molecule has 0 aromatic carbocycles. The van der Waals surface area contributed by atoms with Crippen molar-refractivity contribution in [2.75, 3.05) is 20.8 Å². The standard InChI is InChI=1S/C13H28F3NO2Si2/c1-18-21(19-2,11-9-13(14,15)16)17-10-7-6-8-12(17)20(3,4)5/h12H,6-11H2,1-5H3. The van der Waals surface area contributed by atoms with Gasteiger partial charge in [-0.2, -0.15) is 13.2 Å². The molecule has 21 heavy (non-hydrogen) atoms. The summed E-state index contributed by atoms with van der Waals surface area (Å²) >= 11 is 0. The van der Waals surface area contributed by atoms with Gasteiger partial charge in [-0.15, -0.1) is 0 Å². The molecule has 1 heterocycles. The van der Waals surface area contributed by atoms with Crippen LogP contribution in [0.4, 0.5) is 13.2 Å². The van der Waals surface area contributed by atoms with Gasteiger partial charge in [-0.25, -0.2) is 0 Å². The summed E-state index contributed by atoms with van der Waals surface area (Å²) in [4.78, 5) is 0. The van der Waals surface area contributed by atoms with E-state index in [9.17, 15) is 13.2 Å². The van der Waals surface area contributed by atoms with Crippen molar-refractivity contribution in [2.24, 2.45) is 0 Å². The van der Waals surface area contributed by atoms with E-state index in [4.69, 9.17) is 8.85 Å². The van der Waals surface area contributed by atoms with Crippen LogP contribution in [-0.2, 0) is 8.85 Å². The summed E-state index contributed by atoms with van der Waals surface area (Å²) in [5.74, 6) is 0. The molecule has 8 heteroatoms. The molecule has 0 spiro atoms. The molecule has 0 aliphatic carbocycles. The third kappa shape index (κ3) is 5.05. The lowest BCUT2D eigenvalue weighted by molar-refractivity contribution is -0.132. The first-order chi connectivity index (χ1) is 9.56. The monoisotopic (exact) mass is 343 g/mol. The van der Waals surface area contributed by atoms with Crippen molar-refractivity contribution in [2.45, 2.75) is 63.2 Å². The first-order valence-electron chi connectivity index (χ1n) is 7.49. The SMILES string of the molecule is CO[Si](CCC(F)(F)F)(OC)N1CCCCC1[Si](C)(C)C. The normalized spacial score (nSPS) is 22.6. The quantitative estimate of drug-likeness (QED) is 0.683. The summed E-state index contributed by atoms with van der Waals surface area (Å²) < 4.78 is 51.4. The number of hydrogen-bond acceptors (Lipinski definition) is 3. The summed E-state index contributed by atoms with van der Waals surface area (Å²) in [5, 5.41) is 0. The van der Waals surface area contributed by atoms with E-state index in [0.29, 0.717) is 5.67 Å². The minimum Gasteiger partial charge on any atom is -0.386 e. The molecule has 1 atom stereocenters. The fourth-order valence-electron chi connectivity index (χ4n) is 3.21.